The Hall–Kier alpha value is -3.42. The molecule has 4 heterocycles. The van der Waals surface area contributed by atoms with Crippen LogP contribution in [0.15, 0.2) is 31.0 Å². The van der Waals surface area contributed by atoms with Crippen LogP contribution < -0.4 is 31.2 Å². The number of amides is 1. The summed E-state index contributed by atoms with van der Waals surface area (Å²) < 4.78 is 16.6. The SMILES string of the molecule is C=CC(=O)N[C@H]1CCOC[C@H]1Nc1ncc2cc(-c3c(Cl)c(OC)cc(OC)c3Cl)nc(NCCN3CCC(N)C3)c2n1. The van der Waals surface area contributed by atoms with Gasteiger partial charge in [0.05, 0.1) is 48.6 Å². The topological polar surface area (TPSA) is 149 Å². The van der Waals surface area contributed by atoms with Crippen molar-refractivity contribution in [1.29, 1.82) is 0 Å². The molecule has 0 bridgehead atoms. The Labute approximate surface area is 260 Å². The van der Waals surface area contributed by atoms with E-state index < -0.39 is 0 Å². The molecule has 0 spiro atoms. The summed E-state index contributed by atoms with van der Waals surface area (Å²) >= 11 is 13.5. The lowest BCUT2D eigenvalue weighted by atomic mass is 10.0. The van der Waals surface area contributed by atoms with Gasteiger partial charge in [0.2, 0.25) is 11.9 Å². The van der Waals surface area contributed by atoms with Crippen LogP contribution >= 0.6 is 23.2 Å². The van der Waals surface area contributed by atoms with Crippen LogP contribution in [0.5, 0.6) is 11.5 Å². The van der Waals surface area contributed by atoms with E-state index in [0.717, 1.165) is 26.1 Å². The van der Waals surface area contributed by atoms with E-state index >= 15 is 0 Å². The predicted octanol–water partition coefficient (Wildman–Crippen LogP) is 3.33. The Kier molecular flexibility index (Phi) is 10.0. The van der Waals surface area contributed by atoms with E-state index in [1.165, 1.54) is 20.3 Å². The van der Waals surface area contributed by atoms with Crippen molar-refractivity contribution in [3.8, 4) is 22.8 Å². The van der Waals surface area contributed by atoms with E-state index in [2.05, 4.69) is 32.4 Å². The van der Waals surface area contributed by atoms with E-state index in [0.29, 0.717) is 81.7 Å². The number of benzene rings is 1. The molecule has 14 heteroatoms. The van der Waals surface area contributed by atoms with Crippen LogP contribution in [0.1, 0.15) is 12.8 Å². The standard InChI is InChI=1S/C29H36Cl2N8O4/c1-4-23(40)35-18-6-10-43-15-20(18)37-29-34-13-16-11-19(24-25(30)21(41-2)12-22(42-3)26(24)31)36-28(27(16)38-29)33-7-9-39-8-5-17(32)14-39/h4,11-13,17-18,20H,1,5-10,14-15,32H2,2-3H3,(H,33,36)(H,35,40)(H,34,37,38)/t17?,18-,20+/m0/s1. The summed E-state index contributed by atoms with van der Waals surface area (Å²) in [7, 11) is 3.05. The fourth-order valence-electron chi connectivity index (χ4n) is 5.33. The fourth-order valence-corrected chi connectivity index (χ4v) is 6.02. The van der Waals surface area contributed by atoms with E-state index in [4.69, 9.17) is 53.1 Å². The molecule has 0 aliphatic carbocycles. The first kappa shape index (κ1) is 31.0. The molecule has 5 N–H and O–H groups in total. The van der Waals surface area contributed by atoms with Crippen molar-refractivity contribution < 1.29 is 19.0 Å². The lowest BCUT2D eigenvalue weighted by Gasteiger charge is -2.32. The number of nitrogens with one attached hydrogen (secondary N) is 3. The number of carbonyl (C=O) groups excluding carboxylic acids is 1. The number of carbonyl (C=O) groups is 1. The van der Waals surface area contributed by atoms with Crippen molar-refractivity contribution in [1.82, 2.24) is 25.2 Å². The Bertz CT molecular complexity index is 1460. The number of halogens is 2. The molecular formula is C29H36Cl2N8O4. The Morgan fingerprint density at radius 3 is 2.63 bits per heavy atom. The average Bonchev–Trinajstić information content (AvgIpc) is 3.43. The number of hydrogen-bond donors (Lipinski definition) is 4. The zero-order valence-corrected chi connectivity index (χ0v) is 25.7. The molecule has 0 radical (unpaired) electrons. The molecule has 1 unspecified atom stereocenters. The van der Waals surface area contributed by atoms with Gasteiger partial charge in [0.25, 0.3) is 0 Å². The van der Waals surface area contributed by atoms with Crippen molar-refractivity contribution in [3.05, 3.63) is 41.0 Å². The molecular weight excluding hydrogens is 595 g/mol. The van der Waals surface area contributed by atoms with Gasteiger partial charge in [-0.15, -0.1) is 0 Å². The number of anilines is 2. The highest BCUT2D eigenvalue weighted by Gasteiger charge is 2.28. The van der Waals surface area contributed by atoms with Gasteiger partial charge in [-0.05, 0) is 31.5 Å². The summed E-state index contributed by atoms with van der Waals surface area (Å²) in [4.78, 5) is 28.6. The van der Waals surface area contributed by atoms with Crippen LogP contribution in [-0.2, 0) is 9.53 Å². The van der Waals surface area contributed by atoms with Crippen LogP contribution in [0.2, 0.25) is 10.0 Å². The average molecular weight is 632 g/mol. The zero-order valence-electron chi connectivity index (χ0n) is 24.2. The molecule has 2 aliphatic rings. The van der Waals surface area contributed by atoms with Crippen LogP contribution in [-0.4, -0.2) is 97.5 Å². The van der Waals surface area contributed by atoms with Gasteiger partial charge >= 0.3 is 0 Å². The van der Waals surface area contributed by atoms with Gasteiger partial charge < -0.3 is 35.9 Å². The molecule has 1 aromatic carbocycles. The number of aromatic nitrogens is 3. The molecule has 43 heavy (non-hydrogen) atoms. The molecule has 2 aromatic heterocycles. The number of rotatable bonds is 11. The predicted molar refractivity (Wildman–Crippen MR) is 168 cm³/mol. The molecule has 5 rings (SSSR count). The number of pyridine rings is 1. The van der Waals surface area contributed by atoms with Gasteiger partial charge in [-0.2, -0.15) is 0 Å². The maximum atomic E-state index is 12.0. The van der Waals surface area contributed by atoms with Crippen molar-refractivity contribution >= 4 is 51.8 Å². The molecule has 12 nitrogen and oxygen atoms in total. The first-order valence-electron chi connectivity index (χ1n) is 14.1. The Morgan fingerprint density at radius 2 is 1.95 bits per heavy atom. The molecule has 2 saturated heterocycles. The minimum absolute atomic E-state index is 0.171. The highest BCUT2D eigenvalue weighted by atomic mass is 35.5. The quantitative estimate of drug-likeness (QED) is 0.231. The monoisotopic (exact) mass is 630 g/mol. The molecule has 1 amide bonds. The summed E-state index contributed by atoms with van der Waals surface area (Å²) in [6.07, 6.45) is 4.59. The third-order valence-corrected chi connectivity index (χ3v) is 8.36. The maximum Gasteiger partial charge on any atom is 0.243 e. The van der Waals surface area contributed by atoms with E-state index in [9.17, 15) is 4.79 Å². The van der Waals surface area contributed by atoms with Crippen molar-refractivity contribution in [2.75, 3.05) is 64.2 Å². The number of ether oxygens (including phenoxy) is 3. The molecule has 2 aliphatic heterocycles. The van der Waals surface area contributed by atoms with Gasteiger partial charge in [-0.1, -0.05) is 29.8 Å². The van der Waals surface area contributed by atoms with Gasteiger partial charge in [0, 0.05) is 55.5 Å². The minimum atomic E-state index is -0.244. The summed E-state index contributed by atoms with van der Waals surface area (Å²) in [5.74, 6) is 1.48. The second-order valence-electron chi connectivity index (χ2n) is 10.5. The van der Waals surface area contributed by atoms with Crippen molar-refractivity contribution in [2.45, 2.75) is 31.0 Å². The Balaban J connectivity index is 1.51. The first-order valence-corrected chi connectivity index (χ1v) is 14.8. The van der Waals surface area contributed by atoms with Gasteiger partial charge in [-0.3, -0.25) is 9.69 Å². The number of likely N-dealkylation sites (tertiary alicyclic amines) is 1. The van der Waals surface area contributed by atoms with Crippen LogP contribution in [0, 0.1) is 0 Å². The number of nitrogens with zero attached hydrogens (tertiary/aromatic N) is 4. The fraction of sp³-hybridized carbons (Fsp3) is 0.448. The summed E-state index contributed by atoms with van der Waals surface area (Å²) in [5.41, 5.74) is 7.67. The highest BCUT2D eigenvalue weighted by Crippen LogP contribution is 2.46. The second-order valence-corrected chi connectivity index (χ2v) is 11.2. The van der Waals surface area contributed by atoms with Crippen LogP contribution in [0.3, 0.4) is 0 Å². The summed E-state index contributed by atoms with van der Waals surface area (Å²) in [6, 6.07) is 3.25. The third kappa shape index (κ3) is 7.05. The molecule has 230 valence electrons. The largest absolute Gasteiger partial charge is 0.495 e. The zero-order chi connectivity index (χ0) is 30.5. The summed E-state index contributed by atoms with van der Waals surface area (Å²) in [5, 5.41) is 11.1. The number of fused-ring (bicyclic) bond motifs is 1. The van der Waals surface area contributed by atoms with Gasteiger partial charge in [0.1, 0.15) is 17.0 Å². The van der Waals surface area contributed by atoms with E-state index in [1.807, 2.05) is 6.07 Å². The molecule has 3 atom stereocenters. The number of methoxy groups -OCH3 is 2. The van der Waals surface area contributed by atoms with E-state index in [-0.39, 0.29) is 24.0 Å². The lowest BCUT2D eigenvalue weighted by molar-refractivity contribution is -0.117. The molecule has 2 fully saturated rings. The van der Waals surface area contributed by atoms with E-state index in [1.54, 1.807) is 12.3 Å². The normalized spacial score (nSPS) is 20.5. The third-order valence-electron chi connectivity index (χ3n) is 7.61. The maximum absolute atomic E-state index is 12.0. The molecule has 3 aromatic rings. The van der Waals surface area contributed by atoms with Crippen LogP contribution in [0.4, 0.5) is 11.8 Å². The highest BCUT2D eigenvalue weighted by molar-refractivity contribution is 6.41. The van der Waals surface area contributed by atoms with Crippen molar-refractivity contribution in [3.63, 3.8) is 0 Å². The van der Waals surface area contributed by atoms with Crippen LogP contribution in [0.25, 0.3) is 22.2 Å². The van der Waals surface area contributed by atoms with Gasteiger partial charge in [0.15, 0.2) is 5.82 Å². The molecule has 0 saturated carbocycles. The second kappa shape index (κ2) is 13.9. The van der Waals surface area contributed by atoms with Gasteiger partial charge in [-0.25, -0.2) is 15.0 Å². The summed E-state index contributed by atoms with van der Waals surface area (Å²) in [6.45, 7) is 7.69. The lowest BCUT2D eigenvalue weighted by Crippen LogP contribution is -2.52. The minimum Gasteiger partial charge on any atom is -0.495 e. The Morgan fingerprint density at radius 1 is 1.19 bits per heavy atom. The number of nitrogens with two attached hydrogens (primary N) is 1. The first-order chi connectivity index (χ1) is 20.8. The smallest absolute Gasteiger partial charge is 0.243 e. The number of hydrogen-bond acceptors (Lipinski definition) is 11. The van der Waals surface area contributed by atoms with Crippen molar-refractivity contribution in [2.24, 2.45) is 5.73 Å².